The van der Waals surface area contributed by atoms with E-state index >= 15 is 0 Å². The Kier molecular flexibility index (Phi) is 5.63. The quantitative estimate of drug-likeness (QED) is 0.683. The van der Waals surface area contributed by atoms with Gasteiger partial charge in [-0.15, -0.1) is 0 Å². The molecule has 3 aromatic rings. The van der Waals surface area contributed by atoms with E-state index in [0.29, 0.717) is 23.3 Å². The third kappa shape index (κ3) is 4.04. The summed E-state index contributed by atoms with van der Waals surface area (Å²) < 4.78 is 16.5. The van der Waals surface area contributed by atoms with Crippen LogP contribution in [0.15, 0.2) is 36.7 Å². The molecule has 0 radical (unpaired) electrons. The first-order valence-electron chi connectivity index (χ1n) is 11.5. The molecule has 31 heavy (non-hydrogen) atoms. The number of anilines is 1. The number of nitrogens with zero attached hydrogens (tertiary/aromatic N) is 5. The normalized spacial score (nSPS) is 22.8. The summed E-state index contributed by atoms with van der Waals surface area (Å²) in [6.07, 6.45) is 6.80. The monoisotopic (exact) mass is 422 g/mol. The molecule has 5 rings (SSSR count). The average Bonchev–Trinajstić information content (AvgIpc) is 3.18. The van der Waals surface area contributed by atoms with Crippen molar-refractivity contribution < 1.29 is 4.39 Å². The third-order valence-electron chi connectivity index (χ3n) is 6.76. The Hall–Kier alpha value is -2.51. The maximum Gasteiger partial charge on any atom is 0.165 e. The second kappa shape index (κ2) is 8.55. The van der Waals surface area contributed by atoms with Gasteiger partial charge in [-0.1, -0.05) is 13.0 Å². The molecule has 1 fully saturated rings. The van der Waals surface area contributed by atoms with Crippen LogP contribution < -0.4 is 5.32 Å². The highest BCUT2D eigenvalue weighted by molar-refractivity contribution is 5.78. The van der Waals surface area contributed by atoms with Gasteiger partial charge in [0.05, 0.1) is 6.20 Å². The summed E-state index contributed by atoms with van der Waals surface area (Å²) in [4.78, 5) is 10.0. The van der Waals surface area contributed by atoms with E-state index in [1.807, 2.05) is 24.4 Å². The van der Waals surface area contributed by atoms with Crippen molar-refractivity contribution in [3.63, 3.8) is 0 Å². The molecule has 4 heterocycles. The molecule has 2 aromatic heterocycles. The van der Waals surface area contributed by atoms with Crippen molar-refractivity contribution in [2.45, 2.75) is 45.2 Å². The predicted octanol–water partition coefficient (Wildman–Crippen LogP) is 3.68. The Morgan fingerprint density at radius 2 is 2.10 bits per heavy atom. The van der Waals surface area contributed by atoms with Gasteiger partial charge >= 0.3 is 0 Å². The molecule has 1 saturated heterocycles. The molecular formula is C24H31FN6. The van der Waals surface area contributed by atoms with Crippen LogP contribution in [0, 0.1) is 5.82 Å². The zero-order valence-corrected chi connectivity index (χ0v) is 18.4. The van der Waals surface area contributed by atoms with Gasteiger partial charge in [0.25, 0.3) is 0 Å². The Bertz CT molecular complexity index is 1060. The van der Waals surface area contributed by atoms with Crippen LogP contribution in [-0.2, 0) is 6.42 Å². The summed E-state index contributed by atoms with van der Waals surface area (Å²) in [7, 11) is 0. The number of aryl methyl sites for hydroxylation is 1. The second-order valence-electron chi connectivity index (χ2n) is 8.91. The lowest BCUT2D eigenvalue weighted by Gasteiger charge is -2.45. The van der Waals surface area contributed by atoms with E-state index in [4.69, 9.17) is 4.98 Å². The number of halogens is 1. The summed E-state index contributed by atoms with van der Waals surface area (Å²) in [5.41, 5.74) is 3.17. The molecule has 0 aliphatic carbocycles. The Labute approximate surface area is 183 Å². The second-order valence-corrected chi connectivity index (χ2v) is 8.91. The summed E-state index contributed by atoms with van der Waals surface area (Å²) in [5, 5.41) is 7.86. The number of fused-ring (bicyclic) bond motifs is 5. The number of rotatable bonds is 2. The van der Waals surface area contributed by atoms with Crippen molar-refractivity contribution in [1.82, 2.24) is 24.4 Å². The van der Waals surface area contributed by atoms with Crippen LogP contribution in [0.1, 0.15) is 32.3 Å². The lowest BCUT2D eigenvalue weighted by atomic mass is 9.97. The topological polar surface area (TPSA) is 48.7 Å². The average molecular weight is 423 g/mol. The molecule has 2 aliphatic heterocycles. The molecule has 6 nitrogen and oxygen atoms in total. The van der Waals surface area contributed by atoms with Gasteiger partial charge in [0.15, 0.2) is 5.65 Å². The highest BCUT2D eigenvalue weighted by Gasteiger charge is 2.30. The van der Waals surface area contributed by atoms with E-state index < -0.39 is 0 Å². The first-order chi connectivity index (χ1) is 15.1. The lowest BCUT2D eigenvalue weighted by molar-refractivity contribution is 0.0343. The van der Waals surface area contributed by atoms with Gasteiger partial charge in [-0.25, -0.2) is 13.9 Å². The highest BCUT2D eigenvalue weighted by atomic mass is 19.1. The Morgan fingerprint density at radius 3 is 2.97 bits per heavy atom. The predicted molar refractivity (Wildman–Crippen MR) is 122 cm³/mol. The van der Waals surface area contributed by atoms with Gasteiger partial charge in [0.2, 0.25) is 0 Å². The van der Waals surface area contributed by atoms with Crippen molar-refractivity contribution >= 4 is 11.5 Å². The van der Waals surface area contributed by atoms with Crippen molar-refractivity contribution in [2.24, 2.45) is 0 Å². The van der Waals surface area contributed by atoms with E-state index in [9.17, 15) is 4.39 Å². The molecule has 2 aliphatic rings. The number of nitrogens with one attached hydrogen (secondary N) is 1. The Balaban J connectivity index is 1.51. The fourth-order valence-electron chi connectivity index (χ4n) is 5.07. The zero-order valence-electron chi connectivity index (χ0n) is 18.4. The van der Waals surface area contributed by atoms with Crippen molar-refractivity contribution in [3.05, 3.63) is 48.0 Å². The first-order valence-corrected chi connectivity index (χ1v) is 11.5. The lowest BCUT2D eigenvalue weighted by Crippen LogP contribution is -2.58. The SMILES string of the molecule is CCCN1CC2CCc3ccc(F)c(c3)-c3cnn4ccc(nc34)NCCN2CC1C. The standard InChI is InChI=1S/C24H31FN6/c1-3-10-29-16-19-6-4-18-5-7-22(25)20(13-18)21-14-27-31-11-8-23(28-24(21)31)26-9-12-30(19)15-17(29)2/h5,7-8,11,13-14,17,19H,3-4,6,9-10,12,15-16H2,1-2H3,(H,26,28). The fourth-order valence-corrected chi connectivity index (χ4v) is 5.07. The first kappa shape index (κ1) is 20.4. The molecule has 164 valence electrons. The number of aromatic nitrogens is 3. The molecular weight excluding hydrogens is 391 g/mol. The molecule has 7 heteroatoms. The maximum absolute atomic E-state index is 14.8. The van der Waals surface area contributed by atoms with Crippen LogP contribution in [0.3, 0.4) is 0 Å². The number of hydrogen-bond donors (Lipinski definition) is 1. The fraction of sp³-hybridized carbons (Fsp3) is 0.500. The largest absolute Gasteiger partial charge is 0.369 e. The van der Waals surface area contributed by atoms with Crippen LogP contribution in [0.2, 0.25) is 0 Å². The van der Waals surface area contributed by atoms with E-state index in [1.54, 1.807) is 16.8 Å². The molecule has 2 atom stereocenters. The van der Waals surface area contributed by atoms with E-state index in [-0.39, 0.29) is 5.82 Å². The van der Waals surface area contributed by atoms with E-state index in [0.717, 1.165) is 56.9 Å². The van der Waals surface area contributed by atoms with Crippen LogP contribution >= 0.6 is 0 Å². The van der Waals surface area contributed by atoms with E-state index in [2.05, 4.69) is 34.1 Å². The van der Waals surface area contributed by atoms with Crippen LogP contribution in [0.5, 0.6) is 0 Å². The Morgan fingerprint density at radius 1 is 1.19 bits per heavy atom. The van der Waals surface area contributed by atoms with Crippen molar-refractivity contribution in [1.29, 1.82) is 0 Å². The van der Waals surface area contributed by atoms with Crippen molar-refractivity contribution in [2.75, 3.05) is 38.0 Å². The van der Waals surface area contributed by atoms with Gasteiger partial charge in [-0.2, -0.15) is 5.10 Å². The number of piperazine rings is 1. The highest BCUT2D eigenvalue weighted by Crippen LogP contribution is 2.29. The molecule has 2 unspecified atom stereocenters. The van der Waals surface area contributed by atoms with Crippen LogP contribution in [0.4, 0.5) is 10.2 Å². The molecule has 0 spiro atoms. The molecule has 0 amide bonds. The summed E-state index contributed by atoms with van der Waals surface area (Å²) in [5.74, 6) is 0.574. The van der Waals surface area contributed by atoms with Gasteiger partial charge in [-0.3, -0.25) is 9.80 Å². The van der Waals surface area contributed by atoms with Gasteiger partial charge in [0.1, 0.15) is 11.6 Å². The molecule has 0 saturated carbocycles. The number of hydrogen-bond acceptors (Lipinski definition) is 5. The van der Waals surface area contributed by atoms with Gasteiger partial charge in [0, 0.05) is 55.6 Å². The number of benzene rings is 1. The third-order valence-corrected chi connectivity index (χ3v) is 6.76. The maximum atomic E-state index is 14.8. The summed E-state index contributed by atoms with van der Waals surface area (Å²) in [6, 6.07) is 8.50. The minimum atomic E-state index is -0.229. The smallest absolute Gasteiger partial charge is 0.165 e. The van der Waals surface area contributed by atoms with Crippen LogP contribution in [0.25, 0.3) is 16.8 Å². The van der Waals surface area contributed by atoms with E-state index in [1.165, 1.54) is 12.0 Å². The van der Waals surface area contributed by atoms with Crippen molar-refractivity contribution in [3.8, 4) is 11.1 Å². The molecule has 4 bridgehead atoms. The van der Waals surface area contributed by atoms with Gasteiger partial charge in [-0.05, 0) is 56.5 Å². The molecule has 1 N–H and O–H groups in total. The molecule has 1 aromatic carbocycles. The minimum absolute atomic E-state index is 0.229. The minimum Gasteiger partial charge on any atom is -0.369 e. The van der Waals surface area contributed by atoms with Gasteiger partial charge < -0.3 is 5.32 Å². The summed E-state index contributed by atoms with van der Waals surface area (Å²) in [6.45, 7) is 9.75. The summed E-state index contributed by atoms with van der Waals surface area (Å²) >= 11 is 0. The zero-order chi connectivity index (χ0) is 21.4. The van der Waals surface area contributed by atoms with Crippen LogP contribution in [-0.4, -0.2) is 69.2 Å².